The van der Waals surface area contributed by atoms with E-state index in [1.54, 1.807) is 0 Å². The van der Waals surface area contributed by atoms with Crippen molar-refractivity contribution in [1.82, 2.24) is 0 Å². The Morgan fingerprint density at radius 1 is 1.07 bits per heavy atom. The van der Waals surface area contributed by atoms with Crippen LogP contribution in [0.15, 0.2) is 0 Å². The van der Waals surface area contributed by atoms with Gasteiger partial charge in [-0.05, 0) is 30.1 Å². The minimum absolute atomic E-state index is 0.507. The molecule has 1 radical (unpaired) electrons. The first-order valence-corrected chi connectivity index (χ1v) is 6.27. The van der Waals surface area contributed by atoms with Crippen LogP contribution in [0.5, 0.6) is 0 Å². The smallest absolute Gasteiger partial charge is 0.0671 e. The van der Waals surface area contributed by atoms with Crippen molar-refractivity contribution in [2.75, 3.05) is 0 Å². The molecule has 5 atom stereocenters. The third-order valence-electron chi connectivity index (χ3n) is 4.98. The first-order chi connectivity index (χ1) is 6.41. The largest absolute Gasteiger partial charge is 0.122 e. The highest BCUT2D eigenvalue weighted by molar-refractivity contribution is 6.43. The third-order valence-corrected chi connectivity index (χ3v) is 4.98. The second kappa shape index (κ2) is 3.28. The van der Waals surface area contributed by atoms with Crippen LogP contribution in [-0.2, 0) is 0 Å². The predicted octanol–water partition coefficient (Wildman–Crippen LogP) is 4.01. The predicted molar refractivity (Wildman–Crippen MR) is 63.8 cm³/mol. The molecule has 0 bridgehead atoms. The monoisotopic (exact) mass is 191 g/mol. The van der Waals surface area contributed by atoms with Gasteiger partial charge in [-0.3, -0.25) is 0 Å². The molecular weight excluding hydrogens is 167 g/mol. The molecule has 0 aromatic rings. The Bertz CT molecular complexity index is 221. The fraction of sp³-hybridized carbons (Fsp3) is 1.00. The van der Waals surface area contributed by atoms with Crippen molar-refractivity contribution in [2.45, 2.75) is 58.6 Å². The van der Waals surface area contributed by atoms with Crippen molar-refractivity contribution in [1.29, 1.82) is 0 Å². The average molecular weight is 191 g/mol. The third kappa shape index (κ3) is 1.63. The van der Waals surface area contributed by atoms with Gasteiger partial charge in [-0.15, -0.1) is 0 Å². The molecule has 0 spiro atoms. The molecule has 1 saturated heterocycles. The van der Waals surface area contributed by atoms with E-state index in [4.69, 9.17) is 0 Å². The van der Waals surface area contributed by atoms with E-state index in [0.29, 0.717) is 5.31 Å². The molecule has 1 saturated carbocycles. The van der Waals surface area contributed by atoms with Crippen LogP contribution in [0.2, 0.25) is 11.1 Å². The van der Waals surface area contributed by atoms with Crippen LogP contribution >= 0.6 is 0 Å². The second-order valence-electron chi connectivity index (χ2n) is 6.63. The van der Waals surface area contributed by atoms with Gasteiger partial charge >= 0.3 is 0 Å². The van der Waals surface area contributed by atoms with Crippen molar-refractivity contribution in [3.63, 3.8) is 0 Å². The van der Waals surface area contributed by atoms with E-state index in [1.807, 2.05) is 0 Å². The molecule has 0 aromatic carbocycles. The summed E-state index contributed by atoms with van der Waals surface area (Å²) in [6, 6.07) is 0. The van der Waals surface area contributed by atoms with Crippen molar-refractivity contribution in [2.24, 2.45) is 23.7 Å². The maximum absolute atomic E-state index is 2.66. The van der Waals surface area contributed by atoms with Gasteiger partial charge in [0.2, 0.25) is 0 Å². The van der Waals surface area contributed by atoms with Gasteiger partial charge in [0.15, 0.2) is 0 Å². The van der Waals surface area contributed by atoms with Crippen LogP contribution in [0.3, 0.4) is 0 Å². The molecule has 1 aliphatic carbocycles. The number of rotatable bonds is 0. The topological polar surface area (TPSA) is 0 Å². The van der Waals surface area contributed by atoms with Crippen molar-refractivity contribution < 1.29 is 0 Å². The lowest BCUT2D eigenvalue weighted by Crippen LogP contribution is -2.32. The fourth-order valence-corrected chi connectivity index (χ4v) is 3.92. The van der Waals surface area contributed by atoms with Gasteiger partial charge in [0, 0.05) is 0 Å². The molecule has 2 rings (SSSR count). The fourth-order valence-electron chi connectivity index (χ4n) is 3.92. The van der Waals surface area contributed by atoms with Crippen molar-refractivity contribution in [3.05, 3.63) is 0 Å². The molecule has 1 aliphatic heterocycles. The van der Waals surface area contributed by atoms with Crippen LogP contribution < -0.4 is 0 Å². The Morgan fingerprint density at radius 2 is 1.71 bits per heavy atom. The summed E-state index contributed by atoms with van der Waals surface area (Å²) in [6.07, 6.45) is 2.90. The first-order valence-electron chi connectivity index (χ1n) is 6.27. The van der Waals surface area contributed by atoms with Crippen LogP contribution in [0.4, 0.5) is 0 Å². The maximum Gasteiger partial charge on any atom is 0.122 e. The molecule has 0 nitrogen and oxygen atoms in total. The van der Waals surface area contributed by atoms with E-state index in [9.17, 15) is 0 Å². The summed E-state index contributed by atoms with van der Waals surface area (Å²) in [6.45, 7) is 12.2. The van der Waals surface area contributed by atoms with E-state index in [1.165, 1.54) is 12.8 Å². The van der Waals surface area contributed by atoms with Crippen molar-refractivity contribution in [3.8, 4) is 0 Å². The zero-order chi connectivity index (χ0) is 10.5. The molecule has 0 N–H and O–H groups in total. The lowest BCUT2D eigenvalue weighted by molar-refractivity contribution is 0.144. The van der Waals surface area contributed by atoms with E-state index in [2.05, 4.69) is 41.9 Å². The van der Waals surface area contributed by atoms with Gasteiger partial charge in [0.1, 0.15) is 7.28 Å². The lowest BCUT2D eigenvalue weighted by atomic mass is 9.46. The number of hydrogen-bond acceptors (Lipinski definition) is 0. The zero-order valence-corrected chi connectivity index (χ0v) is 10.4. The molecule has 14 heavy (non-hydrogen) atoms. The average Bonchev–Trinajstić information content (AvgIpc) is 2.37. The zero-order valence-electron chi connectivity index (χ0n) is 10.4. The SMILES string of the molecule is CC1CC2CC(C)(C)[B]C2C(C)C1C. The highest BCUT2D eigenvalue weighted by Crippen LogP contribution is 2.57. The normalized spacial score (nSPS) is 51.1. The molecular formula is C13H24B. The first kappa shape index (κ1) is 10.6. The maximum atomic E-state index is 2.66. The lowest BCUT2D eigenvalue weighted by Gasteiger charge is -2.41. The van der Waals surface area contributed by atoms with Gasteiger partial charge in [0.05, 0.1) is 0 Å². The Hall–Kier alpha value is 0.0649. The molecule has 79 valence electrons. The van der Waals surface area contributed by atoms with Crippen LogP contribution in [0.1, 0.15) is 47.5 Å². The quantitative estimate of drug-likeness (QED) is 0.507. The van der Waals surface area contributed by atoms with Gasteiger partial charge < -0.3 is 0 Å². The molecule has 5 unspecified atom stereocenters. The highest BCUT2D eigenvalue weighted by atomic mass is 14.4. The summed E-state index contributed by atoms with van der Waals surface area (Å²) in [5.74, 6) is 4.67. The molecule has 2 fully saturated rings. The summed E-state index contributed by atoms with van der Waals surface area (Å²) >= 11 is 0. The Balaban J connectivity index is 2.15. The van der Waals surface area contributed by atoms with Crippen LogP contribution in [0.25, 0.3) is 0 Å². The standard InChI is InChI=1S/C13H24B/c1-8-6-11-7-13(4,5)14-12(11)10(3)9(8)2/h8-12H,6-7H2,1-5H3. The summed E-state index contributed by atoms with van der Waals surface area (Å²) in [4.78, 5) is 0. The van der Waals surface area contributed by atoms with Crippen LogP contribution in [-0.4, -0.2) is 7.28 Å². The van der Waals surface area contributed by atoms with E-state index in [0.717, 1.165) is 29.5 Å². The van der Waals surface area contributed by atoms with Gasteiger partial charge in [-0.2, -0.15) is 0 Å². The summed E-state index contributed by atoms with van der Waals surface area (Å²) in [5, 5.41) is 0.507. The van der Waals surface area contributed by atoms with Crippen LogP contribution in [0, 0.1) is 23.7 Å². The Kier molecular flexibility index (Phi) is 2.48. The van der Waals surface area contributed by atoms with E-state index in [-0.39, 0.29) is 0 Å². The van der Waals surface area contributed by atoms with Gasteiger partial charge in [0.25, 0.3) is 0 Å². The van der Waals surface area contributed by atoms with Gasteiger partial charge in [-0.1, -0.05) is 52.2 Å². The molecule has 0 aromatic heterocycles. The highest BCUT2D eigenvalue weighted by Gasteiger charge is 2.47. The van der Waals surface area contributed by atoms with Crippen molar-refractivity contribution >= 4 is 7.28 Å². The molecule has 0 amide bonds. The molecule has 2 aliphatic rings. The second-order valence-corrected chi connectivity index (χ2v) is 6.63. The minimum Gasteiger partial charge on any atom is -0.0671 e. The minimum atomic E-state index is 0.507. The Labute approximate surface area is 90.1 Å². The number of hydrogen-bond donors (Lipinski definition) is 0. The Morgan fingerprint density at radius 3 is 2.36 bits per heavy atom. The summed E-state index contributed by atoms with van der Waals surface area (Å²) in [7, 11) is 2.66. The van der Waals surface area contributed by atoms with Gasteiger partial charge in [-0.25, -0.2) is 0 Å². The molecule has 1 heteroatoms. The van der Waals surface area contributed by atoms with E-state index >= 15 is 0 Å². The summed E-state index contributed by atoms with van der Waals surface area (Å²) in [5.41, 5.74) is 0. The summed E-state index contributed by atoms with van der Waals surface area (Å²) < 4.78 is 0. The number of fused-ring (bicyclic) bond motifs is 1. The van der Waals surface area contributed by atoms with E-state index < -0.39 is 0 Å². The molecule has 1 heterocycles.